The number of carbonyl (C=O) groups is 1. The van der Waals surface area contributed by atoms with Gasteiger partial charge in [0.05, 0.1) is 36.2 Å². The molecular formula is C25H21F2N5O3. The van der Waals surface area contributed by atoms with Gasteiger partial charge in [-0.3, -0.25) is 0 Å². The van der Waals surface area contributed by atoms with Gasteiger partial charge in [-0.2, -0.15) is 5.26 Å². The Labute approximate surface area is 199 Å². The number of nitrogens with one attached hydrogen (secondary N) is 1. The molecule has 1 atom stereocenters. The van der Waals surface area contributed by atoms with E-state index in [2.05, 4.69) is 9.97 Å². The smallest absolute Gasteiger partial charge is 0.407 e. The van der Waals surface area contributed by atoms with Crippen molar-refractivity contribution in [3.05, 3.63) is 71.2 Å². The first-order valence-corrected chi connectivity index (χ1v) is 11.0. The molecule has 4 heterocycles. The molecule has 178 valence electrons. The van der Waals surface area contributed by atoms with Crippen LogP contribution in [-0.4, -0.2) is 56.3 Å². The quantitative estimate of drug-likeness (QED) is 0.454. The van der Waals surface area contributed by atoms with E-state index < -0.39 is 23.8 Å². The number of benzene rings is 1. The molecule has 1 fully saturated rings. The number of halogens is 2. The van der Waals surface area contributed by atoms with Gasteiger partial charge in [0.15, 0.2) is 0 Å². The number of nitrogens with zero attached hydrogens (tertiary/aromatic N) is 4. The standard InChI is InChI=1S/C25H21F2N5O3/c1-14-4-5-32-21(11-17-13-31(25(33)34)6-7-35-17)24(30-22(32)8-14)23-18(26)9-15(10-19(23)27)20-3-2-16(12-28)29-20/h2-5,8-10,17,29H,6-7,11,13H2,1H3,(H,33,34). The maximum absolute atomic E-state index is 15.4. The van der Waals surface area contributed by atoms with E-state index in [9.17, 15) is 9.90 Å². The third-order valence-corrected chi connectivity index (χ3v) is 6.11. The van der Waals surface area contributed by atoms with Crippen molar-refractivity contribution < 1.29 is 23.4 Å². The van der Waals surface area contributed by atoms with Crippen LogP contribution in [0.5, 0.6) is 0 Å². The molecule has 0 bridgehead atoms. The van der Waals surface area contributed by atoms with E-state index in [-0.39, 0.29) is 48.6 Å². The molecule has 4 aromatic rings. The van der Waals surface area contributed by atoms with E-state index >= 15 is 8.78 Å². The summed E-state index contributed by atoms with van der Waals surface area (Å²) < 4.78 is 38.4. The summed E-state index contributed by atoms with van der Waals surface area (Å²) in [4.78, 5) is 20.1. The molecule has 0 aliphatic carbocycles. The van der Waals surface area contributed by atoms with Crippen LogP contribution < -0.4 is 0 Å². The highest BCUT2D eigenvalue weighted by Gasteiger charge is 2.28. The molecule has 8 nitrogen and oxygen atoms in total. The lowest BCUT2D eigenvalue weighted by Crippen LogP contribution is -2.45. The molecule has 0 radical (unpaired) electrons. The fourth-order valence-electron chi connectivity index (χ4n) is 4.41. The molecule has 10 heteroatoms. The number of fused-ring (bicyclic) bond motifs is 1. The Balaban J connectivity index is 1.60. The molecule has 1 aliphatic heterocycles. The first-order valence-electron chi connectivity index (χ1n) is 11.0. The number of aromatic nitrogens is 3. The number of nitriles is 1. The molecule has 1 unspecified atom stereocenters. The van der Waals surface area contributed by atoms with Crippen LogP contribution in [0.2, 0.25) is 0 Å². The van der Waals surface area contributed by atoms with E-state index in [1.54, 1.807) is 16.7 Å². The summed E-state index contributed by atoms with van der Waals surface area (Å²) in [5.74, 6) is -1.60. The van der Waals surface area contributed by atoms with Gasteiger partial charge < -0.3 is 24.1 Å². The number of hydrogen-bond donors (Lipinski definition) is 2. The molecular weight excluding hydrogens is 456 g/mol. The topological polar surface area (TPSA) is 107 Å². The minimum atomic E-state index is -1.04. The maximum atomic E-state index is 15.4. The summed E-state index contributed by atoms with van der Waals surface area (Å²) in [6.07, 6.45) is 0.463. The van der Waals surface area contributed by atoms with E-state index in [0.717, 1.165) is 5.56 Å². The fourth-order valence-corrected chi connectivity index (χ4v) is 4.41. The number of pyridine rings is 1. The number of morpholine rings is 1. The van der Waals surface area contributed by atoms with E-state index in [1.165, 1.54) is 23.1 Å². The monoisotopic (exact) mass is 477 g/mol. The number of ether oxygens (including phenoxy) is 1. The minimum Gasteiger partial charge on any atom is -0.465 e. The van der Waals surface area contributed by atoms with Gasteiger partial charge in [0.1, 0.15) is 29.0 Å². The zero-order chi connectivity index (χ0) is 24.7. The normalized spacial score (nSPS) is 15.9. The second-order valence-electron chi connectivity index (χ2n) is 8.48. The van der Waals surface area contributed by atoms with Crippen LogP contribution in [0.3, 0.4) is 0 Å². The van der Waals surface area contributed by atoms with Crippen molar-refractivity contribution in [3.8, 4) is 28.6 Å². The number of aromatic amines is 1. The van der Waals surface area contributed by atoms with Crippen LogP contribution in [0.1, 0.15) is 17.0 Å². The Morgan fingerprint density at radius 3 is 2.74 bits per heavy atom. The SMILES string of the molecule is Cc1ccn2c(CC3CN(C(=O)O)CCO3)c(-c3c(F)cc(-c4ccc(C#N)[nH]4)cc3F)nc2c1. The van der Waals surface area contributed by atoms with E-state index in [1.807, 2.05) is 25.1 Å². The third-order valence-electron chi connectivity index (χ3n) is 6.11. The molecule has 2 N–H and O–H groups in total. The number of rotatable bonds is 4. The Kier molecular flexibility index (Phi) is 5.70. The van der Waals surface area contributed by atoms with Crippen LogP contribution in [0.25, 0.3) is 28.2 Å². The van der Waals surface area contributed by atoms with Gasteiger partial charge in [-0.05, 0) is 48.9 Å². The van der Waals surface area contributed by atoms with Crippen molar-refractivity contribution in [2.75, 3.05) is 19.7 Å². The van der Waals surface area contributed by atoms with E-state index in [4.69, 9.17) is 10.00 Å². The second kappa shape index (κ2) is 8.85. The summed E-state index contributed by atoms with van der Waals surface area (Å²) in [5.41, 5.74) is 2.80. The number of hydrogen-bond acceptors (Lipinski definition) is 4. The van der Waals surface area contributed by atoms with Gasteiger partial charge in [0.2, 0.25) is 0 Å². The summed E-state index contributed by atoms with van der Waals surface area (Å²) in [5, 5.41) is 18.4. The molecule has 3 aromatic heterocycles. The lowest BCUT2D eigenvalue weighted by Gasteiger charge is -2.31. The summed E-state index contributed by atoms with van der Waals surface area (Å²) >= 11 is 0. The van der Waals surface area contributed by atoms with Crippen molar-refractivity contribution in [2.24, 2.45) is 0 Å². The highest BCUT2D eigenvalue weighted by molar-refractivity contribution is 5.72. The average molecular weight is 477 g/mol. The number of imidazole rings is 1. The van der Waals surface area contributed by atoms with Crippen molar-refractivity contribution >= 4 is 11.7 Å². The highest BCUT2D eigenvalue weighted by Crippen LogP contribution is 2.34. The van der Waals surface area contributed by atoms with Gasteiger partial charge in [0, 0.05) is 30.4 Å². The molecule has 1 saturated heterocycles. The number of H-pyrrole nitrogens is 1. The third kappa shape index (κ3) is 4.22. The van der Waals surface area contributed by atoms with Crippen LogP contribution in [0.4, 0.5) is 13.6 Å². The van der Waals surface area contributed by atoms with Crippen LogP contribution in [-0.2, 0) is 11.2 Å². The molecule has 5 rings (SSSR count). The van der Waals surface area contributed by atoms with Gasteiger partial charge in [-0.15, -0.1) is 0 Å². The summed E-state index contributed by atoms with van der Waals surface area (Å²) in [6, 6.07) is 11.1. The van der Waals surface area contributed by atoms with Crippen molar-refractivity contribution in [1.29, 1.82) is 5.26 Å². The zero-order valence-electron chi connectivity index (χ0n) is 18.8. The van der Waals surface area contributed by atoms with Gasteiger partial charge >= 0.3 is 6.09 Å². The van der Waals surface area contributed by atoms with Crippen LogP contribution in [0, 0.1) is 29.9 Å². The van der Waals surface area contributed by atoms with Gasteiger partial charge in [-0.1, -0.05) is 0 Å². The number of aryl methyl sites for hydroxylation is 1. The Morgan fingerprint density at radius 1 is 1.29 bits per heavy atom. The van der Waals surface area contributed by atoms with Gasteiger partial charge in [-0.25, -0.2) is 18.6 Å². The molecule has 1 aliphatic rings. The minimum absolute atomic E-state index is 0.136. The second-order valence-corrected chi connectivity index (χ2v) is 8.48. The Hall–Kier alpha value is -4.23. The Morgan fingerprint density at radius 2 is 2.06 bits per heavy atom. The number of carboxylic acid groups (broad SMARTS) is 1. The maximum Gasteiger partial charge on any atom is 0.407 e. The van der Waals surface area contributed by atoms with E-state index in [0.29, 0.717) is 17.0 Å². The van der Waals surface area contributed by atoms with Crippen LogP contribution >= 0.6 is 0 Å². The lowest BCUT2D eigenvalue weighted by atomic mass is 10.0. The predicted octanol–water partition coefficient (Wildman–Crippen LogP) is 4.38. The largest absolute Gasteiger partial charge is 0.465 e. The van der Waals surface area contributed by atoms with Gasteiger partial charge in [0.25, 0.3) is 0 Å². The summed E-state index contributed by atoms with van der Waals surface area (Å²) in [6.45, 7) is 2.54. The Bertz CT molecular complexity index is 1460. The highest BCUT2D eigenvalue weighted by atomic mass is 19.1. The molecule has 1 aromatic carbocycles. The molecule has 0 spiro atoms. The van der Waals surface area contributed by atoms with Crippen LogP contribution in [0.15, 0.2) is 42.6 Å². The summed E-state index contributed by atoms with van der Waals surface area (Å²) in [7, 11) is 0. The first kappa shape index (κ1) is 22.6. The zero-order valence-corrected chi connectivity index (χ0v) is 18.8. The van der Waals surface area contributed by atoms with Crippen molar-refractivity contribution in [2.45, 2.75) is 19.4 Å². The van der Waals surface area contributed by atoms with Crippen molar-refractivity contribution in [3.63, 3.8) is 0 Å². The van der Waals surface area contributed by atoms with Crippen molar-refractivity contribution in [1.82, 2.24) is 19.3 Å². The first-order chi connectivity index (χ1) is 16.8. The predicted molar refractivity (Wildman–Crippen MR) is 123 cm³/mol. The fraction of sp³-hybridized carbons (Fsp3) is 0.240. The molecule has 35 heavy (non-hydrogen) atoms. The number of amides is 1. The average Bonchev–Trinajstić information content (AvgIpc) is 3.44. The molecule has 1 amide bonds. The molecule has 0 saturated carbocycles. The lowest BCUT2D eigenvalue weighted by molar-refractivity contribution is -0.0214.